The Morgan fingerprint density at radius 1 is 1.46 bits per heavy atom. The number of nitrogens with zero attached hydrogens (tertiary/aromatic N) is 2. The van der Waals surface area contributed by atoms with Crippen LogP contribution in [0.25, 0.3) is 0 Å². The smallest absolute Gasteiger partial charge is 0.315 e. The van der Waals surface area contributed by atoms with Gasteiger partial charge in [0, 0.05) is 31.0 Å². The first kappa shape index (κ1) is 16.3. The number of amides is 2. The van der Waals surface area contributed by atoms with Gasteiger partial charge in [-0.3, -0.25) is 0 Å². The van der Waals surface area contributed by atoms with E-state index < -0.39 is 0 Å². The topological polar surface area (TPSA) is 68.2 Å². The van der Waals surface area contributed by atoms with Gasteiger partial charge in [-0.15, -0.1) is 0 Å². The molecule has 3 rings (SSSR count). The number of urea groups is 1. The number of carbonyl (C=O) groups excluding carboxylic acids is 1. The average Bonchev–Trinajstić information content (AvgIpc) is 3.01. The molecule has 128 valence electrons. The van der Waals surface area contributed by atoms with Gasteiger partial charge in [-0.05, 0) is 25.3 Å². The number of benzene rings is 1. The molecule has 2 aromatic rings. The van der Waals surface area contributed by atoms with E-state index >= 15 is 0 Å². The fraction of sp³-hybridized carbons (Fsp3) is 0.412. The van der Waals surface area contributed by atoms with Gasteiger partial charge in [0.1, 0.15) is 0 Å². The predicted octanol–water partition coefficient (Wildman–Crippen LogP) is 2.63. The highest BCUT2D eigenvalue weighted by atomic mass is 19.1. The first-order valence-electron chi connectivity index (χ1n) is 8.15. The molecule has 1 aliphatic heterocycles. The van der Waals surface area contributed by atoms with E-state index in [1.165, 1.54) is 6.07 Å². The second-order valence-electron chi connectivity index (χ2n) is 5.76. The lowest BCUT2D eigenvalue weighted by atomic mass is 10.0. The molecule has 24 heavy (non-hydrogen) atoms. The summed E-state index contributed by atoms with van der Waals surface area (Å²) >= 11 is 0. The van der Waals surface area contributed by atoms with Crippen molar-refractivity contribution in [3.05, 3.63) is 48.3 Å². The summed E-state index contributed by atoms with van der Waals surface area (Å²) in [7, 11) is 0. The maximum atomic E-state index is 13.9. The lowest BCUT2D eigenvalue weighted by molar-refractivity contribution is 0.236. The maximum absolute atomic E-state index is 13.9. The Hall–Kier alpha value is -2.57. The summed E-state index contributed by atoms with van der Waals surface area (Å²) in [6.45, 7) is 1.81. The Kier molecular flexibility index (Phi) is 5.30. The number of aromatic nitrogens is 2. The monoisotopic (exact) mass is 332 g/mol. The van der Waals surface area contributed by atoms with Crippen LogP contribution in [0.5, 0.6) is 5.75 Å². The minimum Gasteiger partial charge on any atom is -0.490 e. The van der Waals surface area contributed by atoms with Gasteiger partial charge in [0.05, 0.1) is 19.0 Å². The SMILES string of the molecule is O=C(NCCCn1ccnc1)N[C@H]1CCCOc2c(F)cccc21. The molecule has 7 heteroatoms. The van der Waals surface area contributed by atoms with Crippen molar-refractivity contribution in [3.63, 3.8) is 0 Å². The fourth-order valence-electron chi connectivity index (χ4n) is 2.81. The largest absolute Gasteiger partial charge is 0.490 e. The van der Waals surface area contributed by atoms with Crippen LogP contribution in [0.3, 0.4) is 0 Å². The van der Waals surface area contributed by atoms with Gasteiger partial charge in [0.25, 0.3) is 0 Å². The van der Waals surface area contributed by atoms with Crippen molar-refractivity contribution >= 4 is 6.03 Å². The highest BCUT2D eigenvalue weighted by Crippen LogP contribution is 2.33. The number of aryl methyl sites for hydroxylation is 1. The lowest BCUT2D eigenvalue weighted by Gasteiger charge is -2.19. The maximum Gasteiger partial charge on any atom is 0.315 e. The van der Waals surface area contributed by atoms with Gasteiger partial charge < -0.3 is 19.9 Å². The third-order valence-electron chi connectivity index (χ3n) is 4.00. The van der Waals surface area contributed by atoms with Crippen LogP contribution >= 0.6 is 0 Å². The summed E-state index contributed by atoms with van der Waals surface area (Å²) in [6, 6.07) is 4.32. The molecule has 0 aliphatic carbocycles. The van der Waals surface area contributed by atoms with Crippen molar-refractivity contribution in [1.29, 1.82) is 0 Å². The Labute approximate surface area is 140 Å². The molecule has 1 atom stereocenters. The number of halogens is 1. The lowest BCUT2D eigenvalue weighted by Crippen LogP contribution is -2.38. The highest BCUT2D eigenvalue weighted by Gasteiger charge is 2.23. The van der Waals surface area contributed by atoms with Crippen molar-refractivity contribution in [3.8, 4) is 5.75 Å². The molecule has 6 nitrogen and oxygen atoms in total. The summed E-state index contributed by atoms with van der Waals surface area (Å²) in [6.07, 6.45) is 7.65. The fourth-order valence-corrected chi connectivity index (χ4v) is 2.81. The predicted molar refractivity (Wildman–Crippen MR) is 87.2 cm³/mol. The molecule has 0 saturated carbocycles. The molecular formula is C17H21FN4O2. The number of hydrogen-bond acceptors (Lipinski definition) is 3. The molecular weight excluding hydrogens is 311 g/mol. The molecule has 0 radical (unpaired) electrons. The molecule has 1 aromatic heterocycles. The molecule has 0 saturated heterocycles. The summed E-state index contributed by atoms with van der Waals surface area (Å²) in [4.78, 5) is 16.1. The van der Waals surface area contributed by atoms with E-state index in [9.17, 15) is 9.18 Å². The number of ether oxygens (including phenoxy) is 1. The van der Waals surface area contributed by atoms with Crippen LogP contribution in [0.15, 0.2) is 36.9 Å². The number of nitrogens with one attached hydrogen (secondary N) is 2. The Bertz CT molecular complexity index is 675. The van der Waals surface area contributed by atoms with Crippen molar-refractivity contribution in [2.24, 2.45) is 0 Å². The van der Waals surface area contributed by atoms with Crippen molar-refractivity contribution in [2.75, 3.05) is 13.2 Å². The standard InChI is InChI=1S/C17H21FN4O2/c18-14-5-1-4-13-15(6-2-11-24-16(13)14)21-17(23)20-7-3-9-22-10-8-19-12-22/h1,4-5,8,10,12,15H,2-3,6-7,9,11H2,(H2,20,21,23)/t15-/m0/s1. The van der Waals surface area contributed by atoms with Crippen LogP contribution in [-0.4, -0.2) is 28.7 Å². The van der Waals surface area contributed by atoms with Crippen molar-refractivity contribution in [1.82, 2.24) is 20.2 Å². The van der Waals surface area contributed by atoms with E-state index in [-0.39, 0.29) is 23.6 Å². The van der Waals surface area contributed by atoms with Crippen LogP contribution in [0.2, 0.25) is 0 Å². The van der Waals surface area contributed by atoms with Gasteiger partial charge in [-0.1, -0.05) is 12.1 Å². The van der Waals surface area contributed by atoms with E-state index in [1.807, 2.05) is 10.8 Å². The third-order valence-corrected chi connectivity index (χ3v) is 4.00. The van der Waals surface area contributed by atoms with E-state index in [4.69, 9.17) is 4.74 Å². The molecule has 1 aromatic carbocycles. The highest BCUT2D eigenvalue weighted by molar-refractivity contribution is 5.74. The first-order chi connectivity index (χ1) is 11.7. The van der Waals surface area contributed by atoms with Crippen LogP contribution < -0.4 is 15.4 Å². The van der Waals surface area contributed by atoms with E-state index in [2.05, 4.69) is 15.6 Å². The zero-order chi connectivity index (χ0) is 16.8. The molecule has 2 heterocycles. The Morgan fingerprint density at radius 3 is 3.21 bits per heavy atom. The summed E-state index contributed by atoms with van der Waals surface area (Å²) in [5.74, 6) is -0.137. The zero-order valence-corrected chi connectivity index (χ0v) is 13.4. The summed E-state index contributed by atoms with van der Waals surface area (Å²) in [5, 5.41) is 5.76. The van der Waals surface area contributed by atoms with Crippen LogP contribution in [-0.2, 0) is 6.54 Å². The van der Waals surface area contributed by atoms with E-state index in [1.54, 1.807) is 24.7 Å². The van der Waals surface area contributed by atoms with Crippen LogP contribution in [0.4, 0.5) is 9.18 Å². The van der Waals surface area contributed by atoms with Crippen molar-refractivity contribution in [2.45, 2.75) is 31.8 Å². The Morgan fingerprint density at radius 2 is 2.38 bits per heavy atom. The molecule has 0 bridgehead atoms. The molecule has 2 amide bonds. The second kappa shape index (κ2) is 7.81. The summed E-state index contributed by atoms with van der Waals surface area (Å²) < 4.78 is 21.3. The molecule has 0 spiro atoms. The number of rotatable bonds is 5. The Balaban J connectivity index is 1.51. The molecule has 0 fully saturated rings. The average molecular weight is 332 g/mol. The summed E-state index contributed by atoms with van der Waals surface area (Å²) in [5.41, 5.74) is 0.695. The van der Waals surface area contributed by atoms with Gasteiger partial charge >= 0.3 is 6.03 Å². The van der Waals surface area contributed by atoms with Gasteiger partial charge in [-0.2, -0.15) is 0 Å². The van der Waals surface area contributed by atoms with E-state index in [0.717, 1.165) is 25.8 Å². The van der Waals surface area contributed by atoms with Crippen LogP contribution in [0, 0.1) is 5.82 Å². The first-order valence-corrected chi connectivity index (χ1v) is 8.15. The number of carbonyl (C=O) groups is 1. The van der Waals surface area contributed by atoms with Gasteiger partial charge in [0.15, 0.2) is 11.6 Å². The number of imidazole rings is 1. The number of fused-ring (bicyclic) bond motifs is 1. The van der Waals surface area contributed by atoms with Gasteiger partial charge in [0.2, 0.25) is 0 Å². The van der Waals surface area contributed by atoms with E-state index in [0.29, 0.717) is 18.7 Å². The minimum atomic E-state index is -0.387. The quantitative estimate of drug-likeness (QED) is 0.827. The zero-order valence-electron chi connectivity index (χ0n) is 13.4. The minimum absolute atomic E-state index is 0.244. The van der Waals surface area contributed by atoms with Crippen molar-refractivity contribution < 1.29 is 13.9 Å². The van der Waals surface area contributed by atoms with Crippen LogP contribution in [0.1, 0.15) is 30.9 Å². The number of para-hydroxylation sites is 1. The molecule has 1 aliphatic rings. The molecule has 2 N–H and O–H groups in total. The number of hydrogen-bond donors (Lipinski definition) is 2. The normalized spacial score (nSPS) is 16.6. The van der Waals surface area contributed by atoms with Gasteiger partial charge in [-0.25, -0.2) is 14.2 Å². The second-order valence-corrected chi connectivity index (χ2v) is 5.76. The third kappa shape index (κ3) is 4.04. The molecule has 0 unspecified atom stereocenters.